The third-order valence-corrected chi connectivity index (χ3v) is 5.57. The molecule has 1 aliphatic heterocycles. The fourth-order valence-electron chi connectivity index (χ4n) is 4.10. The number of aromatic nitrogens is 3. The van der Waals surface area contributed by atoms with Gasteiger partial charge in [0.2, 0.25) is 11.8 Å². The van der Waals surface area contributed by atoms with E-state index in [1.165, 1.54) is 0 Å². The number of fused-ring (bicyclic) bond motifs is 1. The number of pyridine rings is 1. The number of methoxy groups -OCH3 is 1. The summed E-state index contributed by atoms with van der Waals surface area (Å²) in [6, 6.07) is 9.98. The second-order valence-electron chi connectivity index (χ2n) is 7.34. The van der Waals surface area contributed by atoms with E-state index in [1.807, 2.05) is 46.8 Å². The van der Waals surface area contributed by atoms with Gasteiger partial charge in [0.1, 0.15) is 0 Å². The van der Waals surface area contributed by atoms with Crippen LogP contribution in [-0.4, -0.2) is 45.8 Å². The quantitative estimate of drug-likeness (QED) is 0.681. The Morgan fingerprint density at radius 3 is 2.54 bits per heavy atom. The highest BCUT2D eigenvalue weighted by atomic mass is 16.5. The summed E-state index contributed by atoms with van der Waals surface area (Å²) in [7, 11) is 1.63. The number of carbonyl (C=O) groups excluding carboxylic acids is 1. The first-order valence-corrected chi connectivity index (χ1v) is 9.86. The summed E-state index contributed by atoms with van der Waals surface area (Å²) < 4.78 is 7.48. The topological polar surface area (TPSA) is 60.3 Å². The van der Waals surface area contributed by atoms with Crippen molar-refractivity contribution in [2.24, 2.45) is 0 Å². The van der Waals surface area contributed by atoms with Crippen LogP contribution in [0, 0.1) is 13.8 Å². The zero-order valence-corrected chi connectivity index (χ0v) is 16.7. The fraction of sp³-hybridized carbons (Fsp3) is 0.409. The summed E-state index contributed by atoms with van der Waals surface area (Å²) in [5.74, 6) is 0.798. The molecule has 1 aromatic carbocycles. The number of rotatable bonds is 5. The van der Waals surface area contributed by atoms with Crippen LogP contribution in [0.4, 0.5) is 0 Å². The van der Waals surface area contributed by atoms with Crippen LogP contribution in [0.2, 0.25) is 0 Å². The molecule has 0 radical (unpaired) electrons. The Balaban J connectivity index is 1.72. The number of benzene rings is 1. The molecule has 0 N–H and O–H groups in total. The van der Waals surface area contributed by atoms with Crippen LogP contribution < -0.4 is 4.74 Å². The maximum absolute atomic E-state index is 12.5. The highest BCUT2D eigenvalue weighted by Crippen LogP contribution is 2.32. The summed E-state index contributed by atoms with van der Waals surface area (Å²) in [6.07, 6.45) is 3.33. The highest BCUT2D eigenvalue weighted by Gasteiger charge is 2.22. The van der Waals surface area contributed by atoms with Crippen LogP contribution in [0.15, 0.2) is 30.3 Å². The molecule has 28 heavy (non-hydrogen) atoms. The third kappa shape index (κ3) is 3.23. The van der Waals surface area contributed by atoms with Crippen molar-refractivity contribution in [1.29, 1.82) is 0 Å². The van der Waals surface area contributed by atoms with Gasteiger partial charge in [-0.25, -0.2) is 4.68 Å². The van der Waals surface area contributed by atoms with E-state index in [4.69, 9.17) is 14.8 Å². The van der Waals surface area contributed by atoms with Crippen LogP contribution in [0.3, 0.4) is 0 Å². The van der Waals surface area contributed by atoms with Crippen LogP contribution >= 0.6 is 0 Å². The number of likely N-dealkylation sites (tertiary alicyclic amines) is 1. The first kappa shape index (κ1) is 18.5. The van der Waals surface area contributed by atoms with E-state index in [0.29, 0.717) is 18.7 Å². The molecular weight excluding hydrogens is 352 g/mol. The Kier molecular flexibility index (Phi) is 5.03. The van der Waals surface area contributed by atoms with E-state index in [2.05, 4.69) is 6.92 Å². The summed E-state index contributed by atoms with van der Waals surface area (Å²) in [5.41, 5.74) is 4.77. The Morgan fingerprint density at radius 1 is 1.14 bits per heavy atom. The van der Waals surface area contributed by atoms with Gasteiger partial charge in [0, 0.05) is 30.5 Å². The van der Waals surface area contributed by atoms with Gasteiger partial charge in [0.25, 0.3) is 0 Å². The van der Waals surface area contributed by atoms with Crippen molar-refractivity contribution in [1.82, 2.24) is 19.7 Å². The summed E-state index contributed by atoms with van der Waals surface area (Å²) in [6.45, 7) is 5.85. The van der Waals surface area contributed by atoms with Gasteiger partial charge in [-0.1, -0.05) is 18.2 Å². The van der Waals surface area contributed by atoms with Gasteiger partial charge < -0.3 is 9.64 Å². The second kappa shape index (κ2) is 7.62. The normalized spacial score (nSPS) is 14.0. The molecule has 0 atom stereocenters. The van der Waals surface area contributed by atoms with Gasteiger partial charge >= 0.3 is 0 Å². The van der Waals surface area contributed by atoms with E-state index >= 15 is 0 Å². The van der Waals surface area contributed by atoms with Crippen molar-refractivity contribution in [3.8, 4) is 11.6 Å². The van der Waals surface area contributed by atoms with Crippen LogP contribution in [0.1, 0.15) is 36.1 Å². The van der Waals surface area contributed by atoms with E-state index in [0.717, 1.165) is 59.5 Å². The lowest BCUT2D eigenvalue weighted by Crippen LogP contribution is -2.27. The minimum Gasteiger partial charge on any atom is -0.481 e. The molecule has 0 aliphatic carbocycles. The zero-order valence-electron chi connectivity index (χ0n) is 16.7. The number of carbonyl (C=O) groups is 1. The average Bonchev–Trinajstić information content (AvgIpc) is 3.36. The summed E-state index contributed by atoms with van der Waals surface area (Å²) in [4.78, 5) is 19.2. The highest BCUT2D eigenvalue weighted by molar-refractivity contribution is 5.86. The van der Waals surface area contributed by atoms with E-state index in [1.54, 1.807) is 7.11 Å². The molecule has 0 unspecified atom stereocenters. The van der Waals surface area contributed by atoms with Crippen molar-refractivity contribution in [2.75, 3.05) is 20.2 Å². The zero-order chi connectivity index (χ0) is 19.7. The molecule has 2 aromatic heterocycles. The SMILES string of the molecule is COc1nc2c(c(C)nn2-c2ccccc2)c(C)c1CCC(=O)N1CCCC1. The van der Waals surface area contributed by atoms with Gasteiger partial charge in [-0.05, 0) is 50.8 Å². The maximum Gasteiger partial charge on any atom is 0.222 e. The number of amides is 1. The first-order chi connectivity index (χ1) is 13.6. The monoisotopic (exact) mass is 378 g/mol. The van der Waals surface area contributed by atoms with Gasteiger partial charge in [-0.2, -0.15) is 10.1 Å². The molecule has 0 bridgehead atoms. The molecule has 0 spiro atoms. The van der Waals surface area contributed by atoms with E-state index < -0.39 is 0 Å². The Morgan fingerprint density at radius 2 is 1.86 bits per heavy atom. The predicted octanol–water partition coefficient (Wildman–Crippen LogP) is 3.60. The average molecular weight is 378 g/mol. The Hall–Kier alpha value is -2.89. The number of hydrogen-bond donors (Lipinski definition) is 0. The second-order valence-corrected chi connectivity index (χ2v) is 7.34. The lowest BCUT2D eigenvalue weighted by molar-refractivity contribution is -0.130. The number of ether oxygens (including phenoxy) is 1. The standard InChI is InChI=1S/C22H26N4O2/c1-15-18(11-12-19(27)25-13-7-8-14-25)22(28-3)23-21-20(15)16(2)24-26(21)17-9-5-4-6-10-17/h4-6,9-10H,7-8,11-14H2,1-3H3. The van der Waals surface area contributed by atoms with Gasteiger partial charge in [-0.15, -0.1) is 0 Å². The molecule has 0 saturated carbocycles. The number of nitrogens with zero attached hydrogens (tertiary/aromatic N) is 4. The number of hydrogen-bond acceptors (Lipinski definition) is 4. The lowest BCUT2D eigenvalue weighted by atomic mass is 10.0. The molecule has 4 rings (SSSR count). The third-order valence-electron chi connectivity index (χ3n) is 5.57. The van der Waals surface area contributed by atoms with E-state index in [9.17, 15) is 4.79 Å². The van der Waals surface area contributed by atoms with E-state index in [-0.39, 0.29) is 5.91 Å². The molecule has 3 aromatic rings. The molecule has 1 saturated heterocycles. The largest absolute Gasteiger partial charge is 0.481 e. The fourth-order valence-corrected chi connectivity index (χ4v) is 4.10. The lowest BCUT2D eigenvalue weighted by Gasteiger charge is -2.17. The Bertz CT molecular complexity index is 1000. The summed E-state index contributed by atoms with van der Waals surface area (Å²) in [5, 5.41) is 5.75. The van der Waals surface area contributed by atoms with Crippen molar-refractivity contribution in [3.63, 3.8) is 0 Å². The maximum atomic E-state index is 12.5. The van der Waals surface area contributed by atoms with Crippen molar-refractivity contribution < 1.29 is 9.53 Å². The van der Waals surface area contributed by atoms with Crippen molar-refractivity contribution in [3.05, 3.63) is 47.2 Å². The van der Waals surface area contributed by atoms with Gasteiger partial charge in [0.05, 0.1) is 18.5 Å². The van der Waals surface area contributed by atoms with Crippen molar-refractivity contribution in [2.45, 2.75) is 39.5 Å². The molecule has 146 valence electrons. The molecular formula is C22H26N4O2. The predicted molar refractivity (Wildman–Crippen MR) is 109 cm³/mol. The number of aryl methyl sites for hydroxylation is 2. The molecule has 1 amide bonds. The number of para-hydroxylation sites is 1. The van der Waals surface area contributed by atoms with Crippen molar-refractivity contribution >= 4 is 16.9 Å². The first-order valence-electron chi connectivity index (χ1n) is 9.86. The molecule has 1 aliphatic rings. The molecule has 3 heterocycles. The molecule has 1 fully saturated rings. The van der Waals surface area contributed by atoms with Gasteiger partial charge in [0.15, 0.2) is 5.65 Å². The smallest absolute Gasteiger partial charge is 0.222 e. The van der Waals surface area contributed by atoms with Gasteiger partial charge in [-0.3, -0.25) is 4.79 Å². The summed E-state index contributed by atoms with van der Waals surface area (Å²) >= 11 is 0. The minimum atomic E-state index is 0.218. The van der Waals surface area contributed by atoms with Crippen LogP contribution in [0.25, 0.3) is 16.7 Å². The minimum absolute atomic E-state index is 0.218. The van der Waals surface area contributed by atoms with Crippen LogP contribution in [0.5, 0.6) is 5.88 Å². The molecule has 6 nitrogen and oxygen atoms in total. The molecule has 6 heteroatoms. The van der Waals surface area contributed by atoms with Crippen LogP contribution in [-0.2, 0) is 11.2 Å². The Labute approximate surface area is 165 Å².